The highest BCUT2D eigenvalue weighted by Crippen LogP contribution is 2.37. The molecular weight excluding hydrogens is 342 g/mol. The zero-order valence-electron chi connectivity index (χ0n) is 19.4. The number of rotatable bonds is 15. The second-order valence-electron chi connectivity index (χ2n) is 10.3. The summed E-state index contributed by atoms with van der Waals surface area (Å²) < 4.78 is 5.71. The fourth-order valence-corrected chi connectivity index (χ4v) is 5.23. The first-order chi connectivity index (χ1) is 13.6. The lowest BCUT2D eigenvalue weighted by molar-refractivity contribution is 0.202. The van der Waals surface area contributed by atoms with Gasteiger partial charge >= 0.3 is 0 Å². The van der Waals surface area contributed by atoms with E-state index in [4.69, 9.17) is 4.74 Å². The summed E-state index contributed by atoms with van der Waals surface area (Å²) >= 11 is 0. The highest BCUT2D eigenvalue weighted by molar-refractivity contribution is 5.78. The third-order valence-electron chi connectivity index (χ3n) is 6.98. The molecule has 0 aromatic heterocycles. The lowest BCUT2D eigenvalue weighted by Gasteiger charge is -2.32. The third-order valence-corrected chi connectivity index (χ3v) is 6.98. The summed E-state index contributed by atoms with van der Waals surface area (Å²) in [6, 6.07) is 0. The molecule has 1 saturated carbocycles. The summed E-state index contributed by atoms with van der Waals surface area (Å²) in [5, 5.41) is 0. The van der Waals surface area contributed by atoms with Gasteiger partial charge in [-0.3, -0.25) is 0 Å². The van der Waals surface area contributed by atoms with E-state index in [-0.39, 0.29) is 5.54 Å². The Morgan fingerprint density at radius 2 is 1.32 bits per heavy atom. The summed E-state index contributed by atoms with van der Waals surface area (Å²) in [6.07, 6.45) is 25.7. The van der Waals surface area contributed by atoms with Gasteiger partial charge in [-0.25, -0.2) is 4.99 Å². The van der Waals surface area contributed by atoms with Crippen LogP contribution >= 0.6 is 0 Å². The minimum atomic E-state index is 0.0147. The van der Waals surface area contributed by atoms with Gasteiger partial charge < -0.3 is 4.74 Å². The summed E-state index contributed by atoms with van der Waals surface area (Å²) in [5.74, 6) is 3.09. The first-order valence-electron chi connectivity index (χ1n) is 12.8. The summed E-state index contributed by atoms with van der Waals surface area (Å²) in [4.78, 5) is 4.67. The van der Waals surface area contributed by atoms with E-state index >= 15 is 0 Å². The van der Waals surface area contributed by atoms with Crippen LogP contribution < -0.4 is 0 Å². The second kappa shape index (κ2) is 13.6. The van der Waals surface area contributed by atoms with Crippen molar-refractivity contribution < 1.29 is 4.74 Å². The van der Waals surface area contributed by atoms with E-state index in [0.717, 1.165) is 30.8 Å². The van der Waals surface area contributed by atoms with E-state index in [1.807, 2.05) is 0 Å². The van der Waals surface area contributed by atoms with Gasteiger partial charge in [-0.2, -0.15) is 0 Å². The van der Waals surface area contributed by atoms with Gasteiger partial charge in [0.1, 0.15) is 6.61 Å². The Labute approximate surface area is 176 Å². The Kier molecular flexibility index (Phi) is 11.6. The predicted molar refractivity (Wildman–Crippen MR) is 123 cm³/mol. The van der Waals surface area contributed by atoms with Crippen molar-refractivity contribution in [2.75, 3.05) is 6.61 Å². The molecule has 0 amide bonds. The Morgan fingerprint density at radius 3 is 1.86 bits per heavy atom. The molecule has 2 atom stereocenters. The molecule has 0 spiro atoms. The van der Waals surface area contributed by atoms with Crippen molar-refractivity contribution in [3.05, 3.63) is 0 Å². The van der Waals surface area contributed by atoms with E-state index < -0.39 is 0 Å². The largest absolute Gasteiger partial charge is 0.478 e. The van der Waals surface area contributed by atoms with Crippen LogP contribution in [0.2, 0.25) is 0 Å². The Morgan fingerprint density at radius 1 is 0.786 bits per heavy atom. The first kappa shape index (κ1) is 23.7. The number of nitrogens with zero attached hydrogens (tertiary/aromatic N) is 1. The fraction of sp³-hybridized carbons (Fsp3) is 0.962. The minimum absolute atomic E-state index is 0.0147. The van der Waals surface area contributed by atoms with Crippen LogP contribution in [0.25, 0.3) is 0 Å². The predicted octanol–water partition coefficient (Wildman–Crippen LogP) is 8.48. The Balaban J connectivity index is 1.50. The van der Waals surface area contributed by atoms with Gasteiger partial charge in [-0.15, -0.1) is 0 Å². The number of unbranched alkanes of at least 4 members (excludes halogenated alkanes) is 9. The molecular formula is C26H49NO. The molecule has 0 aromatic carbocycles. The van der Waals surface area contributed by atoms with Crippen LogP contribution in [-0.4, -0.2) is 18.0 Å². The molecule has 0 N–H and O–H groups in total. The van der Waals surface area contributed by atoms with Crippen molar-refractivity contribution in [2.45, 2.75) is 142 Å². The smallest absolute Gasteiger partial charge is 0.183 e. The first-order valence-corrected chi connectivity index (χ1v) is 12.8. The topological polar surface area (TPSA) is 21.6 Å². The summed E-state index contributed by atoms with van der Waals surface area (Å²) in [6.45, 7) is 7.40. The van der Waals surface area contributed by atoms with Crippen molar-refractivity contribution in [3.8, 4) is 0 Å². The average molecular weight is 392 g/mol. The molecule has 164 valence electrons. The molecule has 0 radical (unpaired) electrons. The number of hydrogen-bond donors (Lipinski definition) is 0. The maximum atomic E-state index is 5.71. The monoisotopic (exact) mass is 391 g/mol. The van der Waals surface area contributed by atoms with Gasteiger partial charge in [0.2, 0.25) is 0 Å². The van der Waals surface area contributed by atoms with E-state index in [1.165, 1.54) is 109 Å². The molecule has 1 aliphatic heterocycles. The van der Waals surface area contributed by atoms with Gasteiger partial charge in [0.25, 0.3) is 0 Å². The summed E-state index contributed by atoms with van der Waals surface area (Å²) in [7, 11) is 0. The molecule has 0 saturated heterocycles. The van der Waals surface area contributed by atoms with E-state index in [9.17, 15) is 0 Å². The highest BCUT2D eigenvalue weighted by atomic mass is 16.5. The molecule has 1 heterocycles. The van der Waals surface area contributed by atoms with Gasteiger partial charge in [0.15, 0.2) is 5.90 Å². The Bertz CT molecular complexity index is 428. The molecule has 2 nitrogen and oxygen atoms in total. The summed E-state index contributed by atoms with van der Waals surface area (Å²) in [5.41, 5.74) is 0.0147. The van der Waals surface area contributed by atoms with Gasteiger partial charge in [-0.1, -0.05) is 110 Å². The zero-order valence-corrected chi connectivity index (χ0v) is 19.4. The van der Waals surface area contributed by atoms with Crippen LogP contribution in [0.5, 0.6) is 0 Å². The van der Waals surface area contributed by atoms with Crippen LogP contribution in [0.4, 0.5) is 0 Å². The molecule has 2 aliphatic rings. The van der Waals surface area contributed by atoms with Gasteiger partial charge in [-0.05, 0) is 32.1 Å². The maximum Gasteiger partial charge on any atom is 0.183 e. The van der Waals surface area contributed by atoms with Crippen molar-refractivity contribution >= 4 is 5.90 Å². The highest BCUT2D eigenvalue weighted by Gasteiger charge is 2.26. The standard InChI is InChI=1S/C26H49NO/c1-4-5-6-7-8-9-12-17-23-19-15-16-20-24(23)18-13-10-11-14-21-25-27-26(2,3)22-28-25/h23-24H,4-22H2,1-3H3. The van der Waals surface area contributed by atoms with E-state index in [1.54, 1.807) is 0 Å². The molecule has 2 rings (SSSR count). The van der Waals surface area contributed by atoms with Crippen LogP contribution in [0, 0.1) is 11.8 Å². The minimum Gasteiger partial charge on any atom is -0.478 e. The number of ether oxygens (including phenoxy) is 1. The van der Waals surface area contributed by atoms with Gasteiger partial charge in [0.05, 0.1) is 5.54 Å². The van der Waals surface area contributed by atoms with E-state index in [0.29, 0.717) is 0 Å². The lowest BCUT2D eigenvalue weighted by atomic mass is 9.74. The van der Waals surface area contributed by atoms with Crippen molar-refractivity contribution in [1.29, 1.82) is 0 Å². The zero-order chi connectivity index (χ0) is 20.1. The number of aliphatic imine (C=N–C) groups is 1. The van der Waals surface area contributed by atoms with Crippen LogP contribution in [0.1, 0.15) is 136 Å². The average Bonchev–Trinajstić information content (AvgIpc) is 3.03. The van der Waals surface area contributed by atoms with Crippen molar-refractivity contribution in [3.63, 3.8) is 0 Å². The third kappa shape index (κ3) is 9.79. The van der Waals surface area contributed by atoms with Gasteiger partial charge in [0, 0.05) is 6.42 Å². The maximum absolute atomic E-state index is 5.71. The fourth-order valence-electron chi connectivity index (χ4n) is 5.23. The SMILES string of the molecule is CCCCCCCCCC1CCCCC1CCCCCCC1=NC(C)(C)CO1. The molecule has 1 fully saturated rings. The van der Waals surface area contributed by atoms with Crippen LogP contribution in [0.3, 0.4) is 0 Å². The van der Waals surface area contributed by atoms with E-state index in [2.05, 4.69) is 25.8 Å². The molecule has 0 aromatic rings. The molecule has 2 heteroatoms. The second-order valence-corrected chi connectivity index (χ2v) is 10.3. The molecule has 2 unspecified atom stereocenters. The van der Waals surface area contributed by atoms with Crippen molar-refractivity contribution in [2.24, 2.45) is 16.8 Å². The van der Waals surface area contributed by atoms with Crippen LogP contribution in [-0.2, 0) is 4.74 Å². The lowest BCUT2D eigenvalue weighted by Crippen LogP contribution is -2.19. The normalized spacial score (nSPS) is 24.2. The Hall–Kier alpha value is -0.530. The van der Waals surface area contributed by atoms with Crippen molar-refractivity contribution in [1.82, 2.24) is 0 Å². The quantitative estimate of drug-likeness (QED) is 0.256. The van der Waals surface area contributed by atoms with Crippen LogP contribution in [0.15, 0.2) is 4.99 Å². The molecule has 0 bridgehead atoms. The molecule has 28 heavy (non-hydrogen) atoms. The number of hydrogen-bond acceptors (Lipinski definition) is 2. The molecule has 1 aliphatic carbocycles.